The van der Waals surface area contributed by atoms with Gasteiger partial charge in [0.05, 0.1) is 16.1 Å². The first-order valence-corrected chi connectivity index (χ1v) is 8.25. The maximum absolute atomic E-state index is 12.6. The molecule has 2 heterocycles. The molecule has 1 aliphatic heterocycles. The highest BCUT2D eigenvalue weighted by molar-refractivity contribution is 6.36. The standard InChI is InChI=1S/C17H15Cl2N3O2/c18-13-3-4-14(15(19)10-13)17(24)22-8-6-21(7-9-22)16(23)12-2-1-5-20-11-12/h1-5,10-11H,6-9H2. The predicted octanol–water partition coefficient (Wildman–Crippen LogP) is 2.99. The van der Waals surface area contributed by atoms with E-state index < -0.39 is 0 Å². The number of rotatable bonds is 2. The Bertz CT molecular complexity index is 760. The molecule has 0 saturated carbocycles. The van der Waals surface area contributed by atoms with Crippen LogP contribution in [0.25, 0.3) is 0 Å². The van der Waals surface area contributed by atoms with Gasteiger partial charge in [0.1, 0.15) is 0 Å². The topological polar surface area (TPSA) is 53.5 Å². The summed E-state index contributed by atoms with van der Waals surface area (Å²) in [6.07, 6.45) is 3.18. The third-order valence-electron chi connectivity index (χ3n) is 3.92. The van der Waals surface area contributed by atoms with Gasteiger partial charge in [-0.2, -0.15) is 0 Å². The number of amides is 2. The molecule has 1 fully saturated rings. The number of aromatic nitrogens is 1. The zero-order valence-corrected chi connectivity index (χ0v) is 14.3. The third kappa shape index (κ3) is 3.52. The van der Waals surface area contributed by atoms with Gasteiger partial charge in [-0.25, -0.2) is 0 Å². The summed E-state index contributed by atoms with van der Waals surface area (Å²) >= 11 is 12.0. The van der Waals surface area contributed by atoms with Crippen LogP contribution in [0.3, 0.4) is 0 Å². The van der Waals surface area contributed by atoms with Crippen molar-refractivity contribution in [3.63, 3.8) is 0 Å². The molecule has 0 bridgehead atoms. The fraction of sp³-hybridized carbons (Fsp3) is 0.235. The van der Waals surface area contributed by atoms with Gasteiger partial charge >= 0.3 is 0 Å². The largest absolute Gasteiger partial charge is 0.335 e. The van der Waals surface area contributed by atoms with E-state index in [2.05, 4.69) is 4.98 Å². The van der Waals surface area contributed by atoms with Crippen LogP contribution < -0.4 is 0 Å². The summed E-state index contributed by atoms with van der Waals surface area (Å²) in [7, 11) is 0. The Kier molecular flexibility index (Phi) is 5.02. The molecule has 1 aromatic heterocycles. The number of hydrogen-bond donors (Lipinski definition) is 0. The lowest BCUT2D eigenvalue weighted by Crippen LogP contribution is -2.50. The lowest BCUT2D eigenvalue weighted by Gasteiger charge is -2.35. The van der Waals surface area contributed by atoms with E-state index in [1.165, 1.54) is 0 Å². The Morgan fingerprint density at radius 1 is 0.958 bits per heavy atom. The van der Waals surface area contributed by atoms with Crippen LogP contribution in [0.2, 0.25) is 10.0 Å². The van der Waals surface area contributed by atoms with E-state index in [0.29, 0.717) is 47.4 Å². The lowest BCUT2D eigenvalue weighted by atomic mass is 10.1. The minimum absolute atomic E-state index is 0.0697. The molecule has 1 saturated heterocycles. The number of benzene rings is 1. The molecule has 2 aromatic rings. The summed E-state index contributed by atoms with van der Waals surface area (Å²) in [5.41, 5.74) is 0.978. The Morgan fingerprint density at radius 2 is 1.62 bits per heavy atom. The predicted molar refractivity (Wildman–Crippen MR) is 92.5 cm³/mol. The molecule has 1 aromatic carbocycles. The van der Waals surface area contributed by atoms with Crippen molar-refractivity contribution in [1.82, 2.24) is 14.8 Å². The molecule has 5 nitrogen and oxygen atoms in total. The Balaban J connectivity index is 1.64. The highest BCUT2D eigenvalue weighted by atomic mass is 35.5. The molecule has 7 heteroatoms. The molecule has 3 rings (SSSR count). The van der Waals surface area contributed by atoms with Crippen molar-refractivity contribution in [1.29, 1.82) is 0 Å². The van der Waals surface area contributed by atoms with Crippen LogP contribution in [0.5, 0.6) is 0 Å². The van der Waals surface area contributed by atoms with Crippen molar-refractivity contribution in [2.45, 2.75) is 0 Å². The minimum atomic E-state index is -0.148. The van der Waals surface area contributed by atoms with E-state index in [1.54, 1.807) is 52.5 Å². The fourth-order valence-corrected chi connectivity index (χ4v) is 3.11. The van der Waals surface area contributed by atoms with E-state index >= 15 is 0 Å². The smallest absolute Gasteiger partial charge is 0.255 e. The molecule has 0 unspecified atom stereocenters. The average Bonchev–Trinajstić information content (AvgIpc) is 2.61. The summed E-state index contributed by atoms with van der Waals surface area (Å²) < 4.78 is 0. The summed E-state index contributed by atoms with van der Waals surface area (Å²) in [5.74, 6) is -0.218. The highest BCUT2D eigenvalue weighted by Gasteiger charge is 2.26. The first kappa shape index (κ1) is 16.7. The van der Waals surface area contributed by atoms with Gasteiger partial charge in [0.15, 0.2) is 0 Å². The molecule has 0 aliphatic carbocycles. The molecular weight excluding hydrogens is 349 g/mol. The second-order valence-electron chi connectivity index (χ2n) is 5.45. The number of nitrogens with zero attached hydrogens (tertiary/aromatic N) is 3. The molecule has 24 heavy (non-hydrogen) atoms. The van der Waals surface area contributed by atoms with Crippen molar-refractivity contribution < 1.29 is 9.59 Å². The SMILES string of the molecule is O=C(c1cccnc1)N1CCN(C(=O)c2ccc(Cl)cc2Cl)CC1. The van der Waals surface area contributed by atoms with Crippen molar-refractivity contribution in [2.24, 2.45) is 0 Å². The number of pyridine rings is 1. The van der Waals surface area contributed by atoms with Gasteiger partial charge in [0, 0.05) is 43.6 Å². The van der Waals surface area contributed by atoms with E-state index in [4.69, 9.17) is 23.2 Å². The van der Waals surface area contributed by atoms with Gasteiger partial charge in [-0.1, -0.05) is 23.2 Å². The average molecular weight is 364 g/mol. The second-order valence-corrected chi connectivity index (χ2v) is 6.29. The second kappa shape index (κ2) is 7.20. The molecule has 1 aliphatic rings. The van der Waals surface area contributed by atoms with Crippen LogP contribution in [0.1, 0.15) is 20.7 Å². The van der Waals surface area contributed by atoms with E-state index in [1.807, 2.05) is 0 Å². The van der Waals surface area contributed by atoms with Crippen LogP contribution in [0.15, 0.2) is 42.7 Å². The van der Waals surface area contributed by atoms with Crippen molar-refractivity contribution in [3.8, 4) is 0 Å². The summed E-state index contributed by atoms with van der Waals surface area (Å²) in [6, 6.07) is 8.29. The normalized spacial score (nSPS) is 14.6. The van der Waals surface area contributed by atoms with Crippen molar-refractivity contribution >= 4 is 35.0 Å². The summed E-state index contributed by atoms with van der Waals surface area (Å²) in [4.78, 5) is 32.3. The third-order valence-corrected chi connectivity index (χ3v) is 4.47. The first-order chi connectivity index (χ1) is 11.6. The molecule has 0 N–H and O–H groups in total. The quantitative estimate of drug-likeness (QED) is 0.823. The maximum atomic E-state index is 12.6. The number of carbonyl (C=O) groups is 2. The molecule has 0 atom stereocenters. The van der Waals surface area contributed by atoms with Crippen LogP contribution in [0.4, 0.5) is 0 Å². The molecule has 0 radical (unpaired) electrons. The van der Waals surface area contributed by atoms with Crippen molar-refractivity contribution in [2.75, 3.05) is 26.2 Å². The van der Waals surface area contributed by atoms with Gasteiger partial charge < -0.3 is 9.80 Å². The van der Waals surface area contributed by atoms with Crippen LogP contribution >= 0.6 is 23.2 Å². The van der Waals surface area contributed by atoms with Crippen LogP contribution in [-0.4, -0.2) is 52.8 Å². The number of carbonyl (C=O) groups excluding carboxylic acids is 2. The molecule has 124 valence electrons. The number of halogens is 2. The van der Waals surface area contributed by atoms with Gasteiger partial charge in [-0.3, -0.25) is 14.6 Å². The minimum Gasteiger partial charge on any atom is -0.335 e. The van der Waals surface area contributed by atoms with Crippen molar-refractivity contribution in [3.05, 3.63) is 63.9 Å². The Labute approximate surface area is 149 Å². The highest BCUT2D eigenvalue weighted by Crippen LogP contribution is 2.23. The van der Waals surface area contributed by atoms with E-state index in [-0.39, 0.29) is 11.8 Å². The zero-order chi connectivity index (χ0) is 17.1. The number of piperazine rings is 1. The monoisotopic (exact) mass is 363 g/mol. The van der Waals surface area contributed by atoms with Gasteiger partial charge in [-0.15, -0.1) is 0 Å². The fourth-order valence-electron chi connectivity index (χ4n) is 2.62. The zero-order valence-electron chi connectivity index (χ0n) is 12.8. The molecule has 0 spiro atoms. The molecular formula is C17H15Cl2N3O2. The Morgan fingerprint density at radius 3 is 2.21 bits per heavy atom. The maximum Gasteiger partial charge on any atom is 0.255 e. The van der Waals surface area contributed by atoms with E-state index in [9.17, 15) is 9.59 Å². The Hall–Kier alpha value is -2.11. The first-order valence-electron chi connectivity index (χ1n) is 7.50. The van der Waals surface area contributed by atoms with E-state index in [0.717, 1.165) is 0 Å². The van der Waals surface area contributed by atoms with Gasteiger partial charge in [0.25, 0.3) is 11.8 Å². The summed E-state index contributed by atoms with van der Waals surface area (Å²) in [5, 5.41) is 0.824. The van der Waals surface area contributed by atoms with Crippen LogP contribution in [-0.2, 0) is 0 Å². The van der Waals surface area contributed by atoms with Gasteiger partial charge in [0.2, 0.25) is 0 Å². The molecule has 2 amide bonds. The lowest BCUT2D eigenvalue weighted by molar-refractivity contribution is 0.0535. The summed E-state index contributed by atoms with van der Waals surface area (Å²) in [6.45, 7) is 1.88. The van der Waals surface area contributed by atoms with Gasteiger partial charge in [-0.05, 0) is 30.3 Å². The van der Waals surface area contributed by atoms with Crippen LogP contribution in [0, 0.1) is 0 Å². The number of hydrogen-bond acceptors (Lipinski definition) is 3.